The standard InChI is InChI=1S/C20H26N6O4S/c1-11(27)26-10-12(28)9-15(26)18(30)24-14(6-4-8-23-20(21)22)17(29)19-25-13-5-2-3-7-16(13)31-19/h2-3,5,7,12,14-15,28H,4,6,8-10H2,1H3,(H,24,30)(H4,21,22,23)/t12-,14?,15?/m1/s1. The van der Waals surface area contributed by atoms with Gasteiger partial charge in [-0.1, -0.05) is 12.1 Å². The zero-order valence-corrected chi connectivity index (χ0v) is 18.0. The maximum absolute atomic E-state index is 13.2. The Hall–Kier alpha value is -3.05. The number of para-hydroxylation sites is 1. The first-order chi connectivity index (χ1) is 14.8. The number of hydrogen-bond acceptors (Lipinski definition) is 7. The van der Waals surface area contributed by atoms with Gasteiger partial charge in [-0.3, -0.25) is 19.4 Å². The quantitative estimate of drug-likeness (QED) is 0.192. The molecule has 2 heterocycles. The van der Waals surface area contributed by atoms with Gasteiger partial charge in [0.2, 0.25) is 17.6 Å². The van der Waals surface area contributed by atoms with Crippen LogP contribution in [0.4, 0.5) is 0 Å². The van der Waals surface area contributed by atoms with E-state index in [0.717, 1.165) is 4.70 Å². The minimum absolute atomic E-state index is 0.0462. The van der Waals surface area contributed by atoms with Gasteiger partial charge in [0, 0.05) is 26.4 Å². The van der Waals surface area contributed by atoms with Crippen LogP contribution in [0.25, 0.3) is 10.2 Å². The van der Waals surface area contributed by atoms with Gasteiger partial charge in [-0.25, -0.2) is 4.98 Å². The zero-order chi connectivity index (χ0) is 22.5. The number of likely N-dealkylation sites (tertiary alicyclic amines) is 1. The maximum atomic E-state index is 13.2. The summed E-state index contributed by atoms with van der Waals surface area (Å²) in [6.45, 7) is 1.75. The first-order valence-corrected chi connectivity index (χ1v) is 10.8. The molecule has 1 saturated heterocycles. The average Bonchev–Trinajstić information content (AvgIpc) is 3.33. The van der Waals surface area contributed by atoms with Gasteiger partial charge in [0.25, 0.3) is 0 Å². The number of β-amino-alcohol motifs (C(OH)–C–C–N with tert-alkyl or cyclic N) is 1. The van der Waals surface area contributed by atoms with E-state index in [4.69, 9.17) is 11.5 Å². The molecule has 2 unspecified atom stereocenters. The molecular formula is C20H26N6O4S. The Bertz CT molecular complexity index is 969. The minimum Gasteiger partial charge on any atom is -0.391 e. The average molecular weight is 447 g/mol. The predicted octanol–water partition coefficient (Wildman–Crippen LogP) is -0.000900. The first kappa shape index (κ1) is 22.6. The number of carbonyl (C=O) groups is 3. The fraction of sp³-hybridized carbons (Fsp3) is 0.450. The van der Waals surface area contributed by atoms with E-state index in [1.54, 1.807) is 0 Å². The number of ketones is 1. The van der Waals surface area contributed by atoms with Crippen LogP contribution in [-0.4, -0.2) is 69.8 Å². The first-order valence-electron chi connectivity index (χ1n) is 9.97. The SMILES string of the molecule is CC(=O)N1C[C@H](O)CC1C(=O)NC(CCCN=C(N)N)C(=O)c1nc2ccccc2s1. The molecule has 3 rings (SSSR count). The summed E-state index contributed by atoms with van der Waals surface area (Å²) in [5.74, 6) is -1.14. The summed E-state index contributed by atoms with van der Waals surface area (Å²) in [5.41, 5.74) is 11.4. The molecular weight excluding hydrogens is 420 g/mol. The van der Waals surface area contributed by atoms with Crippen LogP contribution in [-0.2, 0) is 9.59 Å². The summed E-state index contributed by atoms with van der Waals surface area (Å²) >= 11 is 1.26. The van der Waals surface area contributed by atoms with Crippen molar-refractivity contribution in [2.24, 2.45) is 16.5 Å². The highest BCUT2D eigenvalue weighted by atomic mass is 32.1. The Kier molecular flexibility index (Phi) is 7.18. The molecule has 2 aromatic rings. The predicted molar refractivity (Wildman–Crippen MR) is 118 cm³/mol. The van der Waals surface area contributed by atoms with Crippen molar-refractivity contribution in [2.45, 2.75) is 44.4 Å². The molecule has 0 saturated carbocycles. The fourth-order valence-corrected chi connectivity index (χ4v) is 4.54. The van der Waals surface area contributed by atoms with Gasteiger partial charge in [0.15, 0.2) is 11.0 Å². The molecule has 10 nitrogen and oxygen atoms in total. The molecule has 0 spiro atoms. The Morgan fingerprint density at radius 3 is 2.77 bits per heavy atom. The number of benzene rings is 1. The second-order valence-electron chi connectivity index (χ2n) is 7.44. The monoisotopic (exact) mass is 446 g/mol. The van der Waals surface area contributed by atoms with Crippen molar-refractivity contribution >= 4 is 45.1 Å². The van der Waals surface area contributed by atoms with Gasteiger partial charge in [0.05, 0.1) is 22.4 Å². The molecule has 11 heteroatoms. The minimum atomic E-state index is -0.853. The summed E-state index contributed by atoms with van der Waals surface area (Å²) in [6, 6.07) is 5.72. The zero-order valence-electron chi connectivity index (χ0n) is 17.2. The van der Waals surface area contributed by atoms with Crippen LogP contribution >= 0.6 is 11.3 Å². The summed E-state index contributed by atoms with van der Waals surface area (Å²) < 4.78 is 0.873. The van der Waals surface area contributed by atoms with E-state index < -0.39 is 24.1 Å². The van der Waals surface area contributed by atoms with Gasteiger partial charge in [-0.15, -0.1) is 11.3 Å². The molecule has 1 aromatic carbocycles. The number of carbonyl (C=O) groups excluding carboxylic acids is 3. The van der Waals surface area contributed by atoms with E-state index in [-0.39, 0.29) is 30.6 Å². The Balaban J connectivity index is 1.78. The number of nitrogens with one attached hydrogen (secondary N) is 1. The number of rotatable bonds is 8. The highest BCUT2D eigenvalue weighted by Gasteiger charge is 2.39. The molecule has 1 aliphatic rings. The number of hydrogen-bond donors (Lipinski definition) is 4. The number of amides is 2. The summed E-state index contributed by atoms with van der Waals surface area (Å²) in [7, 11) is 0. The molecule has 3 atom stereocenters. The molecule has 31 heavy (non-hydrogen) atoms. The highest BCUT2D eigenvalue weighted by Crippen LogP contribution is 2.24. The topological polar surface area (TPSA) is 164 Å². The number of aliphatic hydroxyl groups is 1. The number of nitrogens with two attached hydrogens (primary N) is 2. The number of aliphatic hydroxyl groups excluding tert-OH is 1. The lowest BCUT2D eigenvalue weighted by Gasteiger charge is -2.24. The molecule has 1 aromatic heterocycles. The lowest BCUT2D eigenvalue weighted by molar-refractivity contribution is -0.137. The van der Waals surface area contributed by atoms with Crippen LogP contribution in [0.3, 0.4) is 0 Å². The lowest BCUT2D eigenvalue weighted by Crippen LogP contribution is -2.50. The lowest BCUT2D eigenvalue weighted by atomic mass is 10.1. The third-order valence-electron chi connectivity index (χ3n) is 5.07. The highest BCUT2D eigenvalue weighted by molar-refractivity contribution is 7.20. The number of guanidine groups is 1. The number of fused-ring (bicyclic) bond motifs is 1. The van der Waals surface area contributed by atoms with Crippen molar-refractivity contribution in [1.82, 2.24) is 15.2 Å². The van der Waals surface area contributed by atoms with Crippen LogP contribution in [0.15, 0.2) is 29.3 Å². The van der Waals surface area contributed by atoms with Crippen molar-refractivity contribution in [2.75, 3.05) is 13.1 Å². The molecule has 2 amide bonds. The maximum Gasteiger partial charge on any atom is 0.243 e. The van der Waals surface area contributed by atoms with Crippen molar-refractivity contribution in [3.05, 3.63) is 29.3 Å². The molecule has 166 valence electrons. The van der Waals surface area contributed by atoms with E-state index >= 15 is 0 Å². The van der Waals surface area contributed by atoms with E-state index in [1.807, 2.05) is 24.3 Å². The van der Waals surface area contributed by atoms with E-state index in [0.29, 0.717) is 29.9 Å². The Morgan fingerprint density at radius 1 is 1.35 bits per heavy atom. The van der Waals surface area contributed by atoms with Gasteiger partial charge in [-0.05, 0) is 25.0 Å². The summed E-state index contributed by atoms with van der Waals surface area (Å²) in [5, 5.41) is 13.0. The number of Topliss-reactive ketones (excluding diaryl/α,β-unsaturated/α-hetero) is 1. The smallest absolute Gasteiger partial charge is 0.243 e. The third-order valence-corrected chi connectivity index (χ3v) is 6.12. The summed E-state index contributed by atoms with van der Waals surface area (Å²) in [4.78, 5) is 47.6. The Morgan fingerprint density at radius 2 is 2.10 bits per heavy atom. The van der Waals surface area contributed by atoms with E-state index in [9.17, 15) is 19.5 Å². The number of aliphatic imine (C=N–C) groups is 1. The largest absolute Gasteiger partial charge is 0.391 e. The van der Waals surface area contributed by atoms with Gasteiger partial charge >= 0.3 is 0 Å². The van der Waals surface area contributed by atoms with E-state index in [1.165, 1.54) is 23.2 Å². The van der Waals surface area contributed by atoms with E-state index in [2.05, 4.69) is 15.3 Å². The third kappa shape index (κ3) is 5.56. The van der Waals surface area contributed by atoms with Gasteiger partial charge in [-0.2, -0.15) is 0 Å². The number of nitrogens with zero attached hydrogens (tertiary/aromatic N) is 3. The second-order valence-corrected chi connectivity index (χ2v) is 8.47. The van der Waals surface area contributed by atoms with Crippen LogP contribution in [0.2, 0.25) is 0 Å². The van der Waals surface area contributed by atoms with Gasteiger partial charge < -0.3 is 26.8 Å². The number of thiazole rings is 1. The molecule has 6 N–H and O–H groups in total. The van der Waals surface area contributed by atoms with Gasteiger partial charge in [0.1, 0.15) is 6.04 Å². The molecule has 0 bridgehead atoms. The number of aromatic nitrogens is 1. The van der Waals surface area contributed by atoms with Crippen molar-refractivity contribution < 1.29 is 19.5 Å². The van der Waals surface area contributed by atoms with Crippen LogP contribution < -0.4 is 16.8 Å². The van der Waals surface area contributed by atoms with Crippen LogP contribution in [0, 0.1) is 0 Å². The van der Waals surface area contributed by atoms with Crippen molar-refractivity contribution in [3.63, 3.8) is 0 Å². The van der Waals surface area contributed by atoms with Crippen LogP contribution in [0.5, 0.6) is 0 Å². The normalized spacial score (nSPS) is 19.2. The summed E-state index contributed by atoms with van der Waals surface area (Å²) in [6.07, 6.45) is 0.108. The second kappa shape index (κ2) is 9.84. The van der Waals surface area contributed by atoms with Crippen LogP contribution in [0.1, 0.15) is 36.0 Å². The molecule has 0 radical (unpaired) electrons. The molecule has 0 aliphatic carbocycles. The Labute approximate surface area is 183 Å². The fourth-order valence-electron chi connectivity index (χ4n) is 3.58. The molecule has 1 fully saturated rings. The van der Waals surface area contributed by atoms with Crippen molar-refractivity contribution in [1.29, 1.82) is 0 Å². The van der Waals surface area contributed by atoms with Crippen molar-refractivity contribution in [3.8, 4) is 0 Å². The molecule has 1 aliphatic heterocycles.